The monoisotopic (exact) mass is 472 g/mol. The van der Waals surface area contributed by atoms with E-state index in [4.69, 9.17) is 4.74 Å². The van der Waals surface area contributed by atoms with Gasteiger partial charge in [-0.1, -0.05) is 54.6 Å². The van der Waals surface area contributed by atoms with Crippen molar-refractivity contribution in [2.75, 3.05) is 45.1 Å². The number of ether oxygens (including phenoxy) is 1. The zero-order valence-electron chi connectivity index (χ0n) is 20.6. The summed E-state index contributed by atoms with van der Waals surface area (Å²) >= 11 is 0. The molecule has 1 amide bonds. The van der Waals surface area contributed by atoms with Crippen LogP contribution < -0.4 is 5.32 Å². The molecule has 6 nitrogen and oxygen atoms in total. The number of para-hydroxylation sites is 1. The fourth-order valence-electron chi connectivity index (χ4n) is 4.53. The SMILES string of the molecule is CN(CCCN1CCC(OC(=O)Nc2ccccc2-c2ccccc2)CC1)CCc1ccccn1. The van der Waals surface area contributed by atoms with Gasteiger partial charge in [-0.3, -0.25) is 10.3 Å². The quantitative estimate of drug-likeness (QED) is 0.432. The van der Waals surface area contributed by atoms with Crippen molar-refractivity contribution in [3.8, 4) is 11.1 Å². The van der Waals surface area contributed by atoms with E-state index in [1.807, 2.05) is 72.9 Å². The van der Waals surface area contributed by atoms with Crippen LogP contribution in [0, 0.1) is 0 Å². The van der Waals surface area contributed by atoms with Crippen LogP contribution in [0.1, 0.15) is 25.0 Å². The molecule has 3 aromatic rings. The van der Waals surface area contributed by atoms with Gasteiger partial charge in [-0.25, -0.2) is 4.79 Å². The third-order valence-electron chi connectivity index (χ3n) is 6.55. The molecule has 0 atom stereocenters. The molecule has 1 aromatic heterocycles. The number of anilines is 1. The van der Waals surface area contributed by atoms with Crippen molar-refractivity contribution in [3.05, 3.63) is 84.7 Å². The van der Waals surface area contributed by atoms with Gasteiger partial charge in [-0.15, -0.1) is 0 Å². The molecular weight excluding hydrogens is 436 g/mol. The largest absolute Gasteiger partial charge is 0.446 e. The van der Waals surface area contributed by atoms with Crippen molar-refractivity contribution >= 4 is 11.8 Å². The normalized spacial score (nSPS) is 14.7. The van der Waals surface area contributed by atoms with Crippen molar-refractivity contribution in [2.45, 2.75) is 31.8 Å². The van der Waals surface area contributed by atoms with Crippen LogP contribution >= 0.6 is 0 Å². The number of amides is 1. The van der Waals surface area contributed by atoms with Crippen molar-refractivity contribution in [1.82, 2.24) is 14.8 Å². The average molecular weight is 473 g/mol. The van der Waals surface area contributed by atoms with E-state index in [1.54, 1.807) is 0 Å². The Bertz CT molecular complexity index is 1040. The fraction of sp³-hybridized carbons (Fsp3) is 0.379. The third kappa shape index (κ3) is 7.91. The number of carbonyl (C=O) groups is 1. The summed E-state index contributed by atoms with van der Waals surface area (Å²) in [6, 6.07) is 24.0. The molecule has 0 aliphatic carbocycles. The van der Waals surface area contributed by atoms with Crippen LogP contribution in [0.4, 0.5) is 10.5 Å². The van der Waals surface area contributed by atoms with Crippen molar-refractivity contribution in [2.24, 2.45) is 0 Å². The standard InChI is InChI=1S/C29H36N4O2/c1-32(21-15-25-12-7-8-18-30-25)19-9-20-33-22-16-26(17-23-33)35-29(34)31-28-14-6-5-13-27(28)24-10-3-2-4-11-24/h2-8,10-14,18,26H,9,15-17,19-23H2,1H3,(H,31,34). The molecule has 1 fully saturated rings. The van der Waals surface area contributed by atoms with Crippen LogP contribution in [0.3, 0.4) is 0 Å². The Balaban J connectivity index is 1.14. The highest BCUT2D eigenvalue weighted by Crippen LogP contribution is 2.28. The number of hydrogen-bond acceptors (Lipinski definition) is 5. The second-order valence-corrected chi connectivity index (χ2v) is 9.21. The van der Waals surface area contributed by atoms with Gasteiger partial charge < -0.3 is 14.5 Å². The molecule has 1 saturated heterocycles. The highest BCUT2D eigenvalue weighted by atomic mass is 16.6. The molecule has 1 N–H and O–H groups in total. The van der Waals surface area contributed by atoms with Crippen LogP contribution in [-0.2, 0) is 11.2 Å². The number of hydrogen-bond donors (Lipinski definition) is 1. The van der Waals surface area contributed by atoms with Gasteiger partial charge in [0.05, 0.1) is 5.69 Å². The Morgan fingerprint density at radius 2 is 1.74 bits per heavy atom. The maximum Gasteiger partial charge on any atom is 0.411 e. The summed E-state index contributed by atoms with van der Waals surface area (Å²) < 4.78 is 5.76. The predicted molar refractivity (Wildman–Crippen MR) is 141 cm³/mol. The first-order chi connectivity index (χ1) is 17.2. The lowest BCUT2D eigenvalue weighted by atomic mass is 10.0. The summed E-state index contributed by atoms with van der Waals surface area (Å²) in [6.45, 7) is 5.12. The number of carbonyl (C=O) groups excluding carboxylic acids is 1. The lowest BCUT2D eigenvalue weighted by Gasteiger charge is -2.32. The van der Waals surface area contributed by atoms with Crippen molar-refractivity contribution in [1.29, 1.82) is 0 Å². The molecule has 1 aliphatic heterocycles. The van der Waals surface area contributed by atoms with E-state index in [9.17, 15) is 4.79 Å². The number of benzene rings is 2. The van der Waals surface area contributed by atoms with E-state index in [0.29, 0.717) is 0 Å². The van der Waals surface area contributed by atoms with Gasteiger partial charge in [0.15, 0.2) is 0 Å². The first kappa shape index (κ1) is 24.9. The van der Waals surface area contributed by atoms with E-state index < -0.39 is 0 Å². The lowest BCUT2D eigenvalue weighted by Crippen LogP contribution is -2.39. The summed E-state index contributed by atoms with van der Waals surface area (Å²) in [5.41, 5.74) is 3.98. The summed E-state index contributed by atoms with van der Waals surface area (Å²) in [7, 11) is 2.18. The topological polar surface area (TPSA) is 57.7 Å². The average Bonchev–Trinajstić information content (AvgIpc) is 2.90. The summed E-state index contributed by atoms with van der Waals surface area (Å²) in [5.74, 6) is 0. The molecular formula is C29H36N4O2. The summed E-state index contributed by atoms with van der Waals surface area (Å²) in [6.07, 6.45) is 5.33. The Morgan fingerprint density at radius 3 is 2.51 bits per heavy atom. The van der Waals surface area contributed by atoms with E-state index in [1.165, 1.54) is 0 Å². The molecule has 0 saturated carbocycles. The maximum absolute atomic E-state index is 12.6. The van der Waals surface area contributed by atoms with Gasteiger partial charge in [0.2, 0.25) is 0 Å². The van der Waals surface area contributed by atoms with Crippen LogP contribution in [0.5, 0.6) is 0 Å². The summed E-state index contributed by atoms with van der Waals surface area (Å²) in [5, 5.41) is 2.95. The Hall–Kier alpha value is -3.22. The van der Waals surface area contributed by atoms with Gasteiger partial charge >= 0.3 is 6.09 Å². The van der Waals surface area contributed by atoms with E-state index in [-0.39, 0.29) is 12.2 Å². The number of nitrogens with one attached hydrogen (secondary N) is 1. The minimum absolute atomic E-state index is 0.0313. The van der Waals surface area contributed by atoms with E-state index in [2.05, 4.69) is 33.2 Å². The third-order valence-corrected chi connectivity index (χ3v) is 6.55. The number of rotatable bonds is 10. The zero-order chi connectivity index (χ0) is 24.3. The van der Waals surface area contributed by atoms with E-state index in [0.717, 1.165) is 80.9 Å². The first-order valence-corrected chi connectivity index (χ1v) is 12.6. The highest BCUT2D eigenvalue weighted by Gasteiger charge is 2.22. The molecule has 0 radical (unpaired) electrons. The molecule has 1 aliphatic rings. The molecule has 0 spiro atoms. The number of piperidine rings is 1. The Kier molecular flexibility index (Phi) is 9.26. The fourth-order valence-corrected chi connectivity index (χ4v) is 4.53. The Morgan fingerprint density at radius 1 is 1.00 bits per heavy atom. The second kappa shape index (κ2) is 13.0. The van der Waals surface area contributed by atoms with Crippen LogP contribution in [0.2, 0.25) is 0 Å². The molecule has 35 heavy (non-hydrogen) atoms. The smallest absolute Gasteiger partial charge is 0.411 e. The Labute approximate surface area is 208 Å². The van der Waals surface area contributed by atoms with Crippen LogP contribution in [0.15, 0.2) is 79.0 Å². The predicted octanol–water partition coefficient (Wildman–Crippen LogP) is 5.33. The maximum atomic E-state index is 12.6. The minimum atomic E-state index is -0.374. The number of nitrogens with zero attached hydrogens (tertiary/aromatic N) is 3. The number of likely N-dealkylation sites (N-methyl/N-ethyl adjacent to an activating group) is 1. The van der Waals surface area contributed by atoms with E-state index >= 15 is 0 Å². The molecule has 2 heterocycles. The summed E-state index contributed by atoms with van der Waals surface area (Å²) in [4.78, 5) is 21.9. The number of pyridine rings is 1. The minimum Gasteiger partial charge on any atom is -0.446 e. The van der Waals surface area contributed by atoms with Crippen molar-refractivity contribution in [3.63, 3.8) is 0 Å². The molecule has 0 bridgehead atoms. The van der Waals surface area contributed by atoms with Crippen LogP contribution in [-0.4, -0.2) is 66.8 Å². The second-order valence-electron chi connectivity index (χ2n) is 9.21. The van der Waals surface area contributed by atoms with Crippen molar-refractivity contribution < 1.29 is 9.53 Å². The molecule has 4 rings (SSSR count). The van der Waals surface area contributed by atoms with Crippen LogP contribution in [0.25, 0.3) is 11.1 Å². The number of aromatic nitrogens is 1. The van der Waals surface area contributed by atoms with Gasteiger partial charge in [0.25, 0.3) is 0 Å². The lowest BCUT2D eigenvalue weighted by molar-refractivity contribution is 0.0579. The number of likely N-dealkylation sites (tertiary alicyclic amines) is 1. The van der Waals surface area contributed by atoms with Gasteiger partial charge in [0.1, 0.15) is 6.10 Å². The molecule has 2 aromatic carbocycles. The van der Waals surface area contributed by atoms with Gasteiger partial charge in [0, 0.05) is 43.5 Å². The zero-order valence-corrected chi connectivity index (χ0v) is 20.6. The molecule has 184 valence electrons. The molecule has 0 unspecified atom stereocenters. The first-order valence-electron chi connectivity index (χ1n) is 12.6. The van der Waals surface area contributed by atoms with Gasteiger partial charge in [-0.2, -0.15) is 0 Å². The molecule has 6 heteroatoms. The highest BCUT2D eigenvalue weighted by molar-refractivity contribution is 5.91. The van der Waals surface area contributed by atoms with Gasteiger partial charge in [-0.05, 0) is 63.2 Å².